The monoisotopic (exact) mass is 483 g/mol. The summed E-state index contributed by atoms with van der Waals surface area (Å²) in [7, 11) is 0. The molecule has 0 spiro atoms. The van der Waals surface area contributed by atoms with E-state index in [1.165, 1.54) is 43.3 Å². The van der Waals surface area contributed by atoms with Crippen LogP contribution in [0.15, 0.2) is 63.6 Å². The molecule has 0 aliphatic rings. The predicted octanol–water partition coefficient (Wildman–Crippen LogP) is 4.14. The summed E-state index contributed by atoms with van der Waals surface area (Å²) in [6, 6.07) is 14.5. The average molecular weight is 483 g/mol. The third-order valence-corrected chi connectivity index (χ3v) is 4.93. The molecule has 0 aliphatic heterocycles. The number of aromatic nitrogens is 3. The minimum atomic E-state index is -4.81. The summed E-state index contributed by atoms with van der Waals surface area (Å²) in [5.74, 6) is -2.04. The molecule has 12 heteroatoms. The third-order valence-electron chi connectivity index (χ3n) is 4.93. The van der Waals surface area contributed by atoms with Gasteiger partial charge < -0.3 is 19.5 Å². The van der Waals surface area contributed by atoms with E-state index in [4.69, 9.17) is 14.3 Å². The van der Waals surface area contributed by atoms with E-state index in [-0.39, 0.29) is 17.0 Å². The van der Waals surface area contributed by atoms with Crippen molar-refractivity contribution in [3.8, 4) is 40.4 Å². The molecule has 2 aromatic heterocycles. The van der Waals surface area contributed by atoms with Crippen molar-refractivity contribution >= 4 is 5.91 Å². The van der Waals surface area contributed by atoms with Gasteiger partial charge in [-0.1, -0.05) is 64.9 Å². The van der Waals surface area contributed by atoms with Crippen molar-refractivity contribution in [3.05, 3.63) is 65.7 Å². The van der Waals surface area contributed by atoms with Crippen LogP contribution in [0.25, 0.3) is 34.3 Å². The van der Waals surface area contributed by atoms with Gasteiger partial charge in [-0.05, 0) is 12.5 Å². The molecule has 4 aromatic rings. The zero-order valence-corrected chi connectivity index (χ0v) is 17.9. The first-order valence-corrected chi connectivity index (χ1v) is 10.1. The summed E-state index contributed by atoms with van der Waals surface area (Å²) in [6.45, 7) is 1.46. The quantitative estimate of drug-likeness (QED) is 0.417. The Balaban J connectivity index is 1.61. The molecule has 2 aromatic carbocycles. The lowest BCUT2D eigenvalue weighted by Crippen LogP contribution is -2.35. The summed E-state index contributed by atoms with van der Waals surface area (Å²) in [4.78, 5) is 16.0. The number of nitrogens with one attached hydrogen (secondary N) is 1. The van der Waals surface area contributed by atoms with E-state index in [0.717, 1.165) is 0 Å². The number of aliphatic hydroxyl groups excluding tert-OH is 1. The number of rotatable bonds is 6. The molecule has 1 amide bonds. The molecule has 2 atom stereocenters. The smallest absolute Gasteiger partial charge is 0.378 e. The molecule has 0 fully saturated rings. The summed E-state index contributed by atoms with van der Waals surface area (Å²) >= 11 is 0. The van der Waals surface area contributed by atoms with Crippen LogP contribution in [0.4, 0.5) is 13.2 Å². The van der Waals surface area contributed by atoms with Gasteiger partial charge in [0.25, 0.3) is 11.8 Å². The van der Waals surface area contributed by atoms with Crippen LogP contribution in [0.5, 0.6) is 0 Å². The number of hydrogen-bond donors (Lipinski definition) is 2. The molecular weight excluding hydrogens is 467 g/mol. The zero-order chi connectivity index (χ0) is 25.2. The fourth-order valence-electron chi connectivity index (χ4n) is 3.22. The SMILES string of the molecule is C[C@@H](C#N)NC(=O)[C@@H](O)c1ccc(-c2noc(-c3onc(-c4ccccc4)c3C(F)(F)F)n2)cc1. The van der Waals surface area contributed by atoms with Gasteiger partial charge in [0.05, 0.1) is 6.07 Å². The van der Waals surface area contributed by atoms with E-state index in [1.807, 2.05) is 6.07 Å². The van der Waals surface area contributed by atoms with E-state index >= 15 is 0 Å². The molecular formula is C23H16F3N5O4. The Kier molecular flexibility index (Phi) is 6.35. The number of nitriles is 1. The largest absolute Gasteiger partial charge is 0.422 e. The molecule has 4 rings (SSSR count). The normalized spacial score (nSPS) is 13.1. The first-order chi connectivity index (χ1) is 16.7. The van der Waals surface area contributed by atoms with E-state index in [1.54, 1.807) is 18.2 Å². The van der Waals surface area contributed by atoms with Crippen molar-refractivity contribution in [2.45, 2.75) is 25.2 Å². The van der Waals surface area contributed by atoms with Crippen molar-refractivity contribution in [1.29, 1.82) is 5.26 Å². The molecule has 2 heterocycles. The van der Waals surface area contributed by atoms with Crippen molar-refractivity contribution < 1.29 is 32.1 Å². The molecule has 9 nitrogen and oxygen atoms in total. The minimum Gasteiger partial charge on any atom is -0.378 e. The Morgan fingerprint density at radius 1 is 1.06 bits per heavy atom. The van der Waals surface area contributed by atoms with Crippen LogP contribution in [0.2, 0.25) is 0 Å². The summed E-state index contributed by atoms with van der Waals surface area (Å²) in [6.07, 6.45) is -6.34. The number of benzene rings is 2. The Labute approximate surface area is 195 Å². The van der Waals surface area contributed by atoms with Crippen molar-refractivity contribution in [2.24, 2.45) is 0 Å². The van der Waals surface area contributed by atoms with Crippen molar-refractivity contribution in [2.75, 3.05) is 0 Å². The van der Waals surface area contributed by atoms with Gasteiger partial charge in [0.15, 0.2) is 6.10 Å². The first kappa shape index (κ1) is 23.7. The highest BCUT2D eigenvalue weighted by Gasteiger charge is 2.43. The topological polar surface area (TPSA) is 138 Å². The van der Waals surface area contributed by atoms with Crippen LogP contribution in [0, 0.1) is 11.3 Å². The second-order valence-corrected chi connectivity index (χ2v) is 7.41. The number of amides is 1. The lowest BCUT2D eigenvalue weighted by atomic mass is 10.1. The molecule has 0 aliphatic carbocycles. The van der Waals surface area contributed by atoms with Crippen LogP contribution in [0.3, 0.4) is 0 Å². The number of hydrogen-bond acceptors (Lipinski definition) is 8. The van der Waals surface area contributed by atoms with Crippen LogP contribution in [-0.2, 0) is 11.0 Å². The Morgan fingerprint density at radius 2 is 1.74 bits per heavy atom. The van der Waals surface area contributed by atoms with Gasteiger partial charge in [-0.2, -0.15) is 23.4 Å². The highest BCUT2D eigenvalue weighted by atomic mass is 19.4. The van der Waals surface area contributed by atoms with Gasteiger partial charge in [-0.15, -0.1) is 0 Å². The van der Waals surface area contributed by atoms with E-state index in [0.29, 0.717) is 5.56 Å². The maximum absolute atomic E-state index is 13.9. The van der Waals surface area contributed by atoms with Gasteiger partial charge in [0.2, 0.25) is 11.6 Å². The Hall–Kier alpha value is -4.50. The molecule has 0 radical (unpaired) electrons. The minimum absolute atomic E-state index is 0.0469. The number of halogens is 3. The molecule has 0 unspecified atom stereocenters. The summed E-state index contributed by atoms with van der Waals surface area (Å²) in [5.41, 5.74) is -0.776. The Bertz CT molecular complexity index is 1370. The Morgan fingerprint density at radius 3 is 2.37 bits per heavy atom. The van der Waals surface area contributed by atoms with Crippen LogP contribution in [-0.4, -0.2) is 32.4 Å². The summed E-state index contributed by atoms with van der Waals surface area (Å²) < 4.78 is 51.6. The zero-order valence-electron chi connectivity index (χ0n) is 17.9. The standard InChI is InChI=1S/C23H16F3N5O4/c1-12(11-27)28-21(33)18(32)14-7-9-15(10-8-14)20-29-22(35-31-20)19-16(23(24,25)26)17(30-34-19)13-5-3-2-4-6-13/h2-10,12,18,32H,1H3,(H,28,33)/t12-,18-/m0/s1. The third kappa shape index (κ3) is 4.90. The van der Waals surface area contributed by atoms with Gasteiger partial charge >= 0.3 is 6.18 Å². The van der Waals surface area contributed by atoms with Gasteiger partial charge in [-0.3, -0.25) is 4.79 Å². The lowest BCUT2D eigenvalue weighted by molar-refractivity contribution is -0.137. The maximum atomic E-state index is 13.9. The molecule has 0 bridgehead atoms. The number of carbonyl (C=O) groups excluding carboxylic acids is 1. The fraction of sp³-hybridized carbons (Fsp3) is 0.174. The molecule has 178 valence electrons. The van der Waals surface area contributed by atoms with Crippen molar-refractivity contribution in [1.82, 2.24) is 20.6 Å². The number of nitrogens with zero attached hydrogens (tertiary/aromatic N) is 4. The van der Waals surface area contributed by atoms with Crippen molar-refractivity contribution in [3.63, 3.8) is 0 Å². The highest BCUT2D eigenvalue weighted by molar-refractivity contribution is 5.82. The molecule has 0 saturated carbocycles. The first-order valence-electron chi connectivity index (χ1n) is 10.1. The highest BCUT2D eigenvalue weighted by Crippen LogP contribution is 2.43. The van der Waals surface area contributed by atoms with Gasteiger partial charge in [0, 0.05) is 11.1 Å². The van der Waals surface area contributed by atoms with Gasteiger partial charge in [-0.25, -0.2) is 0 Å². The fourth-order valence-corrected chi connectivity index (χ4v) is 3.22. The average Bonchev–Trinajstić information content (AvgIpc) is 3.51. The van der Waals surface area contributed by atoms with Crippen LogP contribution < -0.4 is 5.32 Å². The second-order valence-electron chi connectivity index (χ2n) is 7.41. The van der Waals surface area contributed by atoms with Crippen LogP contribution in [0.1, 0.15) is 24.2 Å². The number of alkyl halides is 3. The molecule has 35 heavy (non-hydrogen) atoms. The van der Waals surface area contributed by atoms with E-state index < -0.39 is 47.1 Å². The van der Waals surface area contributed by atoms with E-state index in [9.17, 15) is 23.1 Å². The molecule has 2 N–H and O–H groups in total. The predicted molar refractivity (Wildman–Crippen MR) is 114 cm³/mol. The maximum Gasteiger partial charge on any atom is 0.422 e. The number of aliphatic hydroxyl groups is 1. The van der Waals surface area contributed by atoms with Gasteiger partial charge in [0.1, 0.15) is 17.3 Å². The number of carbonyl (C=O) groups is 1. The van der Waals surface area contributed by atoms with Crippen LogP contribution >= 0.6 is 0 Å². The lowest BCUT2D eigenvalue weighted by Gasteiger charge is -2.12. The molecule has 0 saturated heterocycles. The summed E-state index contributed by atoms with van der Waals surface area (Å²) in [5, 5.41) is 28.5. The van der Waals surface area contributed by atoms with E-state index in [2.05, 4.69) is 20.6 Å². The second kappa shape index (κ2) is 9.40.